The van der Waals surface area contributed by atoms with Gasteiger partial charge in [-0.3, -0.25) is 9.52 Å². The molecule has 3 rings (SSSR count). The highest BCUT2D eigenvalue weighted by Gasteiger charge is 2.17. The lowest BCUT2D eigenvalue weighted by Gasteiger charge is -2.12. The number of anilines is 2. The molecule has 0 bridgehead atoms. The number of amides is 1. The molecule has 3 aromatic carbocycles. The summed E-state index contributed by atoms with van der Waals surface area (Å²) in [6, 6.07) is 14.9. The van der Waals surface area contributed by atoms with Crippen LogP contribution in [0.3, 0.4) is 0 Å². The van der Waals surface area contributed by atoms with E-state index in [0.29, 0.717) is 11.3 Å². The summed E-state index contributed by atoms with van der Waals surface area (Å²) < 4.78 is 41.6. The minimum Gasteiger partial charge on any atom is -0.319 e. The highest BCUT2D eigenvalue weighted by Crippen LogP contribution is 2.22. The number of carbonyl (C=O) groups excluding carboxylic acids is 1. The summed E-state index contributed by atoms with van der Waals surface area (Å²) in [6.45, 7) is 3.53. The van der Waals surface area contributed by atoms with E-state index in [4.69, 9.17) is 11.6 Å². The van der Waals surface area contributed by atoms with Crippen LogP contribution in [-0.2, 0) is 10.0 Å². The van der Waals surface area contributed by atoms with Gasteiger partial charge in [-0.05, 0) is 73.5 Å². The van der Waals surface area contributed by atoms with Gasteiger partial charge in [-0.2, -0.15) is 0 Å². The average Bonchev–Trinajstić information content (AvgIpc) is 2.66. The van der Waals surface area contributed by atoms with Crippen LogP contribution in [-0.4, -0.2) is 14.3 Å². The molecule has 0 aliphatic rings. The van der Waals surface area contributed by atoms with E-state index in [-0.39, 0.29) is 21.2 Å². The first-order valence-corrected chi connectivity index (χ1v) is 10.5. The minimum absolute atomic E-state index is 0.000832. The van der Waals surface area contributed by atoms with E-state index < -0.39 is 21.7 Å². The molecule has 0 aromatic heterocycles. The molecule has 5 nitrogen and oxygen atoms in total. The fraction of sp³-hybridized carbons (Fsp3) is 0.0952. The number of rotatable bonds is 5. The molecule has 0 spiro atoms. The summed E-state index contributed by atoms with van der Waals surface area (Å²) in [5.74, 6) is -1.18. The Morgan fingerprint density at radius 1 is 0.966 bits per heavy atom. The third-order valence-corrected chi connectivity index (χ3v) is 5.97. The summed E-state index contributed by atoms with van der Waals surface area (Å²) in [5.41, 5.74) is 2.01. The van der Waals surface area contributed by atoms with Crippen LogP contribution >= 0.6 is 11.6 Å². The average molecular weight is 433 g/mol. The zero-order chi connectivity index (χ0) is 21.2. The maximum absolute atomic E-state index is 13.8. The van der Waals surface area contributed by atoms with Gasteiger partial charge in [0.2, 0.25) is 0 Å². The van der Waals surface area contributed by atoms with Crippen molar-refractivity contribution in [3.8, 4) is 0 Å². The van der Waals surface area contributed by atoms with Gasteiger partial charge in [0, 0.05) is 16.3 Å². The second-order valence-corrected chi connectivity index (χ2v) is 8.62. The zero-order valence-electron chi connectivity index (χ0n) is 15.7. The Morgan fingerprint density at radius 2 is 1.66 bits per heavy atom. The molecule has 0 heterocycles. The Kier molecular flexibility index (Phi) is 5.91. The molecule has 29 heavy (non-hydrogen) atoms. The predicted molar refractivity (Wildman–Crippen MR) is 113 cm³/mol. The van der Waals surface area contributed by atoms with Gasteiger partial charge in [-0.1, -0.05) is 23.7 Å². The van der Waals surface area contributed by atoms with Crippen molar-refractivity contribution in [2.24, 2.45) is 0 Å². The monoisotopic (exact) mass is 432 g/mol. The van der Waals surface area contributed by atoms with E-state index >= 15 is 0 Å². The van der Waals surface area contributed by atoms with Crippen LogP contribution in [0, 0.1) is 19.7 Å². The lowest BCUT2D eigenvalue weighted by molar-refractivity contribution is 0.102. The third kappa shape index (κ3) is 4.93. The van der Waals surface area contributed by atoms with Crippen molar-refractivity contribution in [2.45, 2.75) is 18.7 Å². The van der Waals surface area contributed by atoms with Crippen LogP contribution < -0.4 is 10.0 Å². The number of sulfonamides is 1. The third-order valence-electron chi connectivity index (χ3n) is 4.21. The highest BCUT2D eigenvalue weighted by molar-refractivity contribution is 7.92. The summed E-state index contributed by atoms with van der Waals surface area (Å²) in [5, 5.41) is 2.67. The molecule has 0 unspecified atom stereocenters. The van der Waals surface area contributed by atoms with Crippen molar-refractivity contribution in [1.29, 1.82) is 0 Å². The van der Waals surface area contributed by atoms with Crippen molar-refractivity contribution in [3.63, 3.8) is 0 Å². The fourth-order valence-corrected chi connectivity index (χ4v) is 4.23. The quantitative estimate of drug-likeness (QED) is 0.585. The zero-order valence-corrected chi connectivity index (χ0v) is 17.2. The number of nitrogens with one attached hydrogen (secondary N) is 2. The summed E-state index contributed by atoms with van der Waals surface area (Å²) in [6.07, 6.45) is 0. The van der Waals surface area contributed by atoms with Gasteiger partial charge < -0.3 is 5.32 Å². The van der Waals surface area contributed by atoms with E-state index in [1.54, 1.807) is 19.1 Å². The molecule has 0 aliphatic carbocycles. The summed E-state index contributed by atoms with van der Waals surface area (Å²) in [4.78, 5) is 12.5. The molecule has 3 aromatic rings. The van der Waals surface area contributed by atoms with Gasteiger partial charge in [0.25, 0.3) is 15.9 Å². The first-order valence-electron chi connectivity index (χ1n) is 8.62. The van der Waals surface area contributed by atoms with E-state index in [2.05, 4.69) is 10.0 Å². The van der Waals surface area contributed by atoms with Crippen molar-refractivity contribution >= 4 is 38.9 Å². The van der Waals surface area contributed by atoms with E-state index in [0.717, 1.165) is 11.6 Å². The molecule has 0 saturated carbocycles. The second-order valence-electron chi connectivity index (χ2n) is 6.53. The van der Waals surface area contributed by atoms with Crippen molar-refractivity contribution in [1.82, 2.24) is 0 Å². The standard InChI is InChI=1S/C21H18ClFN2O3S/c1-13-3-4-14(2)20(11-13)29(27,28)25-17-8-5-15(6-9-17)21(26)24-19-10-7-16(22)12-18(19)23/h3-12,25H,1-2H3,(H,24,26). The molecular weight excluding hydrogens is 415 g/mol. The SMILES string of the molecule is Cc1ccc(C)c(S(=O)(=O)Nc2ccc(C(=O)Nc3ccc(Cl)cc3F)cc2)c1. The number of carbonyl (C=O) groups is 1. The van der Waals surface area contributed by atoms with Crippen molar-refractivity contribution in [3.05, 3.63) is 88.2 Å². The molecule has 2 N–H and O–H groups in total. The maximum atomic E-state index is 13.8. The van der Waals surface area contributed by atoms with E-state index in [1.165, 1.54) is 36.4 Å². The van der Waals surface area contributed by atoms with Crippen molar-refractivity contribution in [2.75, 3.05) is 10.0 Å². The minimum atomic E-state index is -3.77. The number of aryl methyl sites for hydroxylation is 2. The predicted octanol–water partition coefficient (Wildman–Crippen LogP) is 5.15. The molecule has 0 radical (unpaired) electrons. The van der Waals surface area contributed by atoms with Crippen LogP contribution in [0.15, 0.2) is 65.6 Å². The van der Waals surface area contributed by atoms with Gasteiger partial charge in [0.05, 0.1) is 10.6 Å². The van der Waals surface area contributed by atoms with Crippen LogP contribution in [0.1, 0.15) is 21.5 Å². The summed E-state index contributed by atoms with van der Waals surface area (Å²) >= 11 is 5.69. The number of hydrogen-bond donors (Lipinski definition) is 2. The van der Waals surface area contributed by atoms with Crippen LogP contribution in [0.25, 0.3) is 0 Å². The Bertz CT molecular complexity index is 1180. The summed E-state index contributed by atoms with van der Waals surface area (Å²) in [7, 11) is -3.77. The van der Waals surface area contributed by atoms with E-state index in [1.807, 2.05) is 13.0 Å². The number of hydrogen-bond acceptors (Lipinski definition) is 3. The fourth-order valence-electron chi connectivity index (χ4n) is 2.68. The topological polar surface area (TPSA) is 75.3 Å². The second kappa shape index (κ2) is 8.23. The molecule has 8 heteroatoms. The molecule has 1 amide bonds. The smallest absolute Gasteiger partial charge is 0.262 e. The first kappa shape index (κ1) is 20.8. The van der Waals surface area contributed by atoms with Crippen LogP contribution in [0.2, 0.25) is 5.02 Å². The Hall–Kier alpha value is -2.90. The van der Waals surface area contributed by atoms with Gasteiger partial charge in [0.15, 0.2) is 0 Å². The number of halogens is 2. The number of benzene rings is 3. The van der Waals surface area contributed by atoms with Gasteiger partial charge in [-0.25, -0.2) is 12.8 Å². The lowest BCUT2D eigenvalue weighted by Crippen LogP contribution is -2.15. The van der Waals surface area contributed by atoms with E-state index in [9.17, 15) is 17.6 Å². The molecule has 150 valence electrons. The highest BCUT2D eigenvalue weighted by atomic mass is 35.5. The first-order chi connectivity index (χ1) is 13.7. The van der Waals surface area contributed by atoms with Gasteiger partial charge in [-0.15, -0.1) is 0 Å². The lowest BCUT2D eigenvalue weighted by atomic mass is 10.2. The Morgan fingerprint density at radius 3 is 2.31 bits per heavy atom. The Balaban J connectivity index is 1.76. The molecular formula is C21H18ClFN2O3S. The van der Waals surface area contributed by atoms with Crippen LogP contribution in [0.4, 0.5) is 15.8 Å². The van der Waals surface area contributed by atoms with Gasteiger partial charge >= 0.3 is 0 Å². The maximum Gasteiger partial charge on any atom is 0.262 e. The van der Waals surface area contributed by atoms with Crippen LogP contribution in [0.5, 0.6) is 0 Å². The van der Waals surface area contributed by atoms with Crippen molar-refractivity contribution < 1.29 is 17.6 Å². The Labute approximate surface area is 173 Å². The molecule has 0 saturated heterocycles. The largest absolute Gasteiger partial charge is 0.319 e. The molecule has 0 fully saturated rings. The molecule has 0 atom stereocenters. The molecule has 0 aliphatic heterocycles. The normalized spacial score (nSPS) is 11.2. The van der Waals surface area contributed by atoms with Gasteiger partial charge in [0.1, 0.15) is 5.82 Å².